The topological polar surface area (TPSA) is 39.5 Å². The molecule has 2 aromatic heterocycles. The van der Waals surface area contributed by atoms with Gasteiger partial charge in [0.25, 0.3) is 0 Å². The highest BCUT2D eigenvalue weighted by molar-refractivity contribution is 5.10. The number of aromatic nitrogens is 2. The van der Waals surface area contributed by atoms with Gasteiger partial charge in [0.2, 0.25) is 0 Å². The van der Waals surface area contributed by atoms with Crippen LogP contribution in [0.2, 0.25) is 0 Å². The summed E-state index contributed by atoms with van der Waals surface area (Å²) in [7, 11) is 0. The molecule has 0 saturated carbocycles. The number of hydrogen-bond acceptors (Lipinski definition) is 4. The van der Waals surface area contributed by atoms with E-state index in [1.807, 2.05) is 24.5 Å². The summed E-state index contributed by atoms with van der Waals surface area (Å²) in [5, 5.41) is 0. The maximum atomic E-state index is 6.28. The molecular weight excluding hydrogens is 314 g/mol. The number of nitrogens with zero attached hydrogens (tertiary/aromatic N) is 3. The molecule has 1 saturated heterocycles. The van der Waals surface area contributed by atoms with Crippen LogP contribution < -0.4 is 0 Å². The van der Waals surface area contributed by atoms with Crippen LogP contribution in [-0.2, 0) is 29.2 Å². The van der Waals surface area contributed by atoms with Crippen LogP contribution in [0.5, 0.6) is 0 Å². The smallest absolute Gasteiger partial charge is 0.0885 e. The molecule has 134 valence electrons. The fourth-order valence-electron chi connectivity index (χ4n) is 3.86. The van der Waals surface area contributed by atoms with Gasteiger partial charge in [-0.05, 0) is 48.6 Å². The van der Waals surface area contributed by atoms with Crippen LogP contribution in [0.15, 0.2) is 42.9 Å². The second-order valence-electron chi connectivity index (χ2n) is 7.19. The summed E-state index contributed by atoms with van der Waals surface area (Å²) in [6, 6.07) is 8.44. The third-order valence-corrected chi connectivity index (χ3v) is 5.26. The van der Waals surface area contributed by atoms with Crippen molar-refractivity contribution >= 4 is 0 Å². The first-order valence-electron chi connectivity index (χ1n) is 9.31. The van der Waals surface area contributed by atoms with E-state index in [0.29, 0.717) is 6.61 Å². The third-order valence-electron chi connectivity index (χ3n) is 5.26. The Kier molecular flexibility index (Phi) is 5.45. The third kappa shape index (κ3) is 4.48. The molecule has 25 heavy (non-hydrogen) atoms. The van der Waals surface area contributed by atoms with E-state index in [4.69, 9.17) is 9.47 Å². The van der Waals surface area contributed by atoms with Gasteiger partial charge in [0.1, 0.15) is 0 Å². The number of rotatable bonds is 5. The van der Waals surface area contributed by atoms with Gasteiger partial charge in [0, 0.05) is 63.7 Å². The quantitative estimate of drug-likeness (QED) is 0.838. The van der Waals surface area contributed by atoms with Gasteiger partial charge < -0.3 is 14.0 Å². The molecule has 2 aliphatic rings. The summed E-state index contributed by atoms with van der Waals surface area (Å²) in [6.07, 6.45) is 8.40. The molecule has 0 bridgehead atoms. The van der Waals surface area contributed by atoms with Crippen LogP contribution in [-0.4, -0.2) is 46.9 Å². The minimum absolute atomic E-state index is 0.210. The van der Waals surface area contributed by atoms with Crippen LogP contribution in [0.25, 0.3) is 0 Å². The molecular formula is C20H27N3O2. The number of pyridine rings is 1. The lowest BCUT2D eigenvalue weighted by Gasteiger charge is -2.30. The van der Waals surface area contributed by atoms with Crippen molar-refractivity contribution in [2.75, 3.05) is 26.3 Å². The molecule has 5 heteroatoms. The predicted molar refractivity (Wildman–Crippen MR) is 96.1 cm³/mol. The molecule has 1 atom stereocenters. The van der Waals surface area contributed by atoms with Crippen molar-refractivity contribution in [3.8, 4) is 0 Å². The van der Waals surface area contributed by atoms with Crippen molar-refractivity contribution in [2.24, 2.45) is 5.92 Å². The Morgan fingerprint density at radius 1 is 1.12 bits per heavy atom. The average Bonchev–Trinajstić information content (AvgIpc) is 3.01. The van der Waals surface area contributed by atoms with Crippen LogP contribution in [0.4, 0.5) is 0 Å². The molecule has 1 fully saturated rings. The first kappa shape index (κ1) is 16.8. The van der Waals surface area contributed by atoms with Gasteiger partial charge in [-0.3, -0.25) is 9.88 Å². The zero-order valence-electron chi connectivity index (χ0n) is 14.7. The van der Waals surface area contributed by atoms with Crippen LogP contribution in [0.3, 0.4) is 0 Å². The van der Waals surface area contributed by atoms with Gasteiger partial charge in [-0.1, -0.05) is 0 Å². The predicted octanol–water partition coefficient (Wildman–Crippen LogP) is 2.71. The lowest BCUT2D eigenvalue weighted by molar-refractivity contribution is 0.000181. The molecule has 2 aromatic rings. The number of ether oxygens (including phenoxy) is 2. The van der Waals surface area contributed by atoms with Crippen LogP contribution in [0, 0.1) is 5.92 Å². The Hall–Kier alpha value is -1.69. The molecule has 4 heterocycles. The zero-order chi connectivity index (χ0) is 16.9. The highest BCUT2D eigenvalue weighted by Crippen LogP contribution is 2.21. The minimum atomic E-state index is 0.210. The van der Waals surface area contributed by atoms with Gasteiger partial charge >= 0.3 is 0 Å². The van der Waals surface area contributed by atoms with E-state index in [-0.39, 0.29) is 6.10 Å². The summed E-state index contributed by atoms with van der Waals surface area (Å²) >= 11 is 0. The van der Waals surface area contributed by atoms with E-state index >= 15 is 0 Å². The van der Waals surface area contributed by atoms with Crippen LogP contribution >= 0.6 is 0 Å². The van der Waals surface area contributed by atoms with E-state index < -0.39 is 0 Å². The lowest BCUT2D eigenvalue weighted by atomic mass is 9.99. The van der Waals surface area contributed by atoms with E-state index in [1.165, 1.54) is 24.1 Å². The second-order valence-corrected chi connectivity index (χ2v) is 7.19. The summed E-state index contributed by atoms with van der Waals surface area (Å²) in [4.78, 5) is 6.65. The van der Waals surface area contributed by atoms with Gasteiger partial charge in [-0.25, -0.2) is 0 Å². The van der Waals surface area contributed by atoms with Crippen molar-refractivity contribution in [1.82, 2.24) is 14.5 Å². The molecule has 0 aliphatic carbocycles. The molecule has 0 radical (unpaired) electrons. The fourth-order valence-corrected chi connectivity index (χ4v) is 3.86. The molecule has 4 rings (SSSR count). The molecule has 0 N–H and O–H groups in total. The number of hydrogen-bond donors (Lipinski definition) is 0. The van der Waals surface area contributed by atoms with Gasteiger partial charge in [0.15, 0.2) is 0 Å². The highest BCUT2D eigenvalue weighted by atomic mass is 16.5. The van der Waals surface area contributed by atoms with E-state index in [2.05, 4.69) is 32.8 Å². The monoisotopic (exact) mass is 341 g/mol. The van der Waals surface area contributed by atoms with E-state index in [9.17, 15) is 0 Å². The molecule has 0 unspecified atom stereocenters. The van der Waals surface area contributed by atoms with Gasteiger partial charge in [-0.15, -0.1) is 0 Å². The lowest BCUT2D eigenvalue weighted by Crippen LogP contribution is -2.37. The first-order valence-corrected chi connectivity index (χ1v) is 9.31. The normalized spacial score (nSPS) is 22.5. The van der Waals surface area contributed by atoms with Gasteiger partial charge in [-0.2, -0.15) is 0 Å². The van der Waals surface area contributed by atoms with Crippen molar-refractivity contribution in [1.29, 1.82) is 0 Å². The Labute approximate surface area is 149 Å². The van der Waals surface area contributed by atoms with Crippen molar-refractivity contribution in [2.45, 2.75) is 38.6 Å². The van der Waals surface area contributed by atoms with E-state index in [0.717, 1.165) is 45.3 Å². The molecule has 5 nitrogen and oxygen atoms in total. The summed E-state index contributed by atoms with van der Waals surface area (Å²) in [5.41, 5.74) is 2.57. The Morgan fingerprint density at radius 2 is 1.96 bits per heavy atom. The molecule has 2 aliphatic heterocycles. The summed E-state index contributed by atoms with van der Waals surface area (Å²) in [5.74, 6) is 0.746. The SMILES string of the molecule is c1cc2n(c1)C[C@@H](OCc1ccncc1)CN(CC1CCOCC1)C2. The summed E-state index contributed by atoms with van der Waals surface area (Å²) < 4.78 is 14.1. The molecule has 0 amide bonds. The minimum Gasteiger partial charge on any atom is -0.381 e. The Bertz CT molecular complexity index is 652. The van der Waals surface area contributed by atoms with Crippen molar-refractivity contribution in [3.63, 3.8) is 0 Å². The van der Waals surface area contributed by atoms with Gasteiger partial charge in [0.05, 0.1) is 12.7 Å². The molecule has 0 spiro atoms. The van der Waals surface area contributed by atoms with Crippen molar-refractivity contribution < 1.29 is 9.47 Å². The standard InChI is InChI=1S/C20H27N3O2/c1-2-19-13-22(12-17-5-10-24-11-6-17)14-20(15-23(19)9-1)25-16-18-3-7-21-8-4-18/h1-4,7-9,17,20H,5-6,10-16H2/t20-/m0/s1. The molecule has 0 aromatic carbocycles. The van der Waals surface area contributed by atoms with Crippen molar-refractivity contribution in [3.05, 3.63) is 54.1 Å². The zero-order valence-corrected chi connectivity index (χ0v) is 14.7. The highest BCUT2D eigenvalue weighted by Gasteiger charge is 2.25. The Morgan fingerprint density at radius 3 is 2.80 bits per heavy atom. The maximum Gasteiger partial charge on any atom is 0.0885 e. The number of fused-ring (bicyclic) bond motifs is 1. The fraction of sp³-hybridized carbons (Fsp3) is 0.550. The first-order chi connectivity index (χ1) is 12.4. The van der Waals surface area contributed by atoms with E-state index in [1.54, 1.807) is 0 Å². The largest absolute Gasteiger partial charge is 0.381 e. The average molecular weight is 341 g/mol. The maximum absolute atomic E-state index is 6.28. The van der Waals surface area contributed by atoms with Crippen LogP contribution in [0.1, 0.15) is 24.1 Å². The Balaban J connectivity index is 1.41. The summed E-state index contributed by atoms with van der Waals surface area (Å²) in [6.45, 7) is 6.55. The second kappa shape index (κ2) is 8.13.